The quantitative estimate of drug-likeness (QED) is 0.140. The number of piperidine rings is 1. The van der Waals surface area contributed by atoms with E-state index in [2.05, 4.69) is 26.9 Å². The van der Waals surface area contributed by atoms with E-state index in [-0.39, 0.29) is 11.7 Å². The summed E-state index contributed by atoms with van der Waals surface area (Å²) in [4.78, 5) is 23.7. The van der Waals surface area contributed by atoms with E-state index >= 15 is 0 Å². The van der Waals surface area contributed by atoms with E-state index in [1.807, 2.05) is 42.2 Å². The first-order valence-corrected chi connectivity index (χ1v) is 17.7. The van der Waals surface area contributed by atoms with Crippen LogP contribution in [0.15, 0.2) is 60.7 Å². The van der Waals surface area contributed by atoms with E-state index in [9.17, 15) is 9.18 Å². The number of fused-ring (bicyclic) bond motifs is 1. The highest BCUT2D eigenvalue weighted by molar-refractivity contribution is 5.85. The van der Waals surface area contributed by atoms with Gasteiger partial charge in [0.05, 0.1) is 44.4 Å². The summed E-state index contributed by atoms with van der Waals surface area (Å²) < 4.78 is 38.8. The molecule has 1 aromatic heterocycles. The van der Waals surface area contributed by atoms with Crippen LogP contribution in [-0.4, -0.2) is 92.0 Å². The Labute approximate surface area is 294 Å². The van der Waals surface area contributed by atoms with Crippen molar-refractivity contribution in [1.82, 2.24) is 19.4 Å². The monoisotopic (exact) mass is 687 g/mol. The number of carbonyl (C=O) groups excluding carboxylic acids is 1. The first-order chi connectivity index (χ1) is 24.4. The molecule has 3 heterocycles. The van der Waals surface area contributed by atoms with Gasteiger partial charge in [0.15, 0.2) is 11.5 Å². The number of imidazole rings is 1. The highest BCUT2D eigenvalue weighted by Gasteiger charge is 2.46. The van der Waals surface area contributed by atoms with E-state index in [1.165, 1.54) is 6.07 Å². The first-order valence-electron chi connectivity index (χ1n) is 17.7. The molecule has 1 unspecified atom stereocenters. The van der Waals surface area contributed by atoms with Gasteiger partial charge in [-0.1, -0.05) is 24.3 Å². The van der Waals surface area contributed by atoms with E-state index in [1.54, 1.807) is 33.5 Å². The fourth-order valence-corrected chi connectivity index (χ4v) is 7.58. The number of rotatable bonds is 16. The van der Waals surface area contributed by atoms with Gasteiger partial charge in [0.25, 0.3) is 0 Å². The van der Waals surface area contributed by atoms with Crippen LogP contribution >= 0.6 is 0 Å². The maximum atomic E-state index is 14.4. The standard InChI is InChI=1S/C39H50FN5O5/c1-5-50-22-21-45-33-12-7-6-11-32(33)42-38(45)41-31-13-17-43(18-14-31)19-15-39(26-28-9-8-10-30(40)23-28)16-20-44(37(39)46)27-29-24-34(47-2)36(49-4)35(25-29)48-3/h6-12,23-25,31H,5,13-22,26-27H2,1-4H3,(H,41,42). The van der Waals surface area contributed by atoms with Crippen LogP contribution in [0.1, 0.15) is 43.7 Å². The fraction of sp³-hybridized carbons (Fsp3) is 0.487. The Balaban J connectivity index is 1.12. The van der Waals surface area contributed by atoms with Crippen LogP contribution in [0.25, 0.3) is 11.0 Å². The minimum absolute atomic E-state index is 0.109. The van der Waals surface area contributed by atoms with Gasteiger partial charge >= 0.3 is 0 Å². The number of nitrogens with zero attached hydrogens (tertiary/aromatic N) is 4. The van der Waals surface area contributed by atoms with Crippen molar-refractivity contribution in [3.8, 4) is 17.2 Å². The summed E-state index contributed by atoms with van der Waals surface area (Å²) in [5, 5.41) is 3.74. The molecule has 2 saturated heterocycles. The van der Waals surface area contributed by atoms with Crippen LogP contribution in [0.3, 0.4) is 0 Å². The zero-order valence-corrected chi connectivity index (χ0v) is 29.8. The van der Waals surface area contributed by atoms with Gasteiger partial charge in [-0.25, -0.2) is 9.37 Å². The molecular formula is C39H50FN5O5. The number of likely N-dealkylation sites (tertiary alicyclic amines) is 2. The second-order valence-corrected chi connectivity index (χ2v) is 13.4. The van der Waals surface area contributed by atoms with Crippen molar-refractivity contribution in [3.05, 3.63) is 77.6 Å². The molecule has 2 aliphatic rings. The number of aromatic nitrogens is 2. The Bertz CT molecular complexity index is 1730. The molecule has 0 aliphatic carbocycles. The number of hydrogen-bond donors (Lipinski definition) is 1. The molecule has 1 N–H and O–H groups in total. The van der Waals surface area contributed by atoms with Crippen LogP contribution in [0.5, 0.6) is 17.2 Å². The van der Waals surface area contributed by atoms with Crippen LogP contribution in [-0.2, 0) is 29.0 Å². The molecule has 3 aromatic carbocycles. The Kier molecular flexibility index (Phi) is 11.4. The molecule has 50 heavy (non-hydrogen) atoms. The number of nitrogens with one attached hydrogen (secondary N) is 1. The second kappa shape index (κ2) is 16.1. The van der Waals surface area contributed by atoms with E-state index in [0.717, 1.165) is 67.1 Å². The molecular weight excluding hydrogens is 637 g/mol. The summed E-state index contributed by atoms with van der Waals surface area (Å²) in [7, 11) is 4.75. The van der Waals surface area contributed by atoms with Crippen molar-refractivity contribution in [2.45, 2.75) is 58.2 Å². The van der Waals surface area contributed by atoms with Crippen molar-refractivity contribution < 1.29 is 28.1 Å². The Morgan fingerprint density at radius 1 is 0.920 bits per heavy atom. The molecule has 2 fully saturated rings. The number of para-hydroxylation sites is 2. The minimum atomic E-state index is -0.616. The second-order valence-electron chi connectivity index (χ2n) is 13.4. The molecule has 1 amide bonds. The number of carbonyl (C=O) groups is 1. The summed E-state index contributed by atoms with van der Waals surface area (Å²) >= 11 is 0. The third-order valence-electron chi connectivity index (χ3n) is 10.3. The lowest BCUT2D eigenvalue weighted by molar-refractivity contribution is -0.137. The van der Waals surface area contributed by atoms with Gasteiger partial charge < -0.3 is 38.6 Å². The van der Waals surface area contributed by atoms with Crippen LogP contribution in [0, 0.1) is 11.2 Å². The Morgan fingerprint density at radius 2 is 1.68 bits per heavy atom. The lowest BCUT2D eigenvalue weighted by atomic mass is 9.77. The molecule has 10 nitrogen and oxygen atoms in total. The molecule has 1 atom stereocenters. The third-order valence-corrected chi connectivity index (χ3v) is 10.3. The normalized spacial score (nSPS) is 18.6. The highest BCUT2D eigenvalue weighted by Crippen LogP contribution is 2.42. The molecule has 2 aliphatic heterocycles. The summed E-state index contributed by atoms with van der Waals surface area (Å²) in [5.41, 5.74) is 3.22. The molecule has 6 rings (SSSR count). The van der Waals surface area contributed by atoms with E-state index < -0.39 is 5.41 Å². The summed E-state index contributed by atoms with van der Waals surface area (Å²) in [5.74, 6) is 2.35. The lowest BCUT2D eigenvalue weighted by Gasteiger charge is -2.35. The molecule has 11 heteroatoms. The number of methoxy groups -OCH3 is 3. The number of halogens is 1. The van der Waals surface area contributed by atoms with E-state index in [4.69, 9.17) is 23.9 Å². The van der Waals surface area contributed by atoms with Crippen LogP contribution in [0.2, 0.25) is 0 Å². The maximum Gasteiger partial charge on any atom is 0.229 e. The molecule has 0 bridgehead atoms. The van der Waals surface area contributed by atoms with Gasteiger partial charge in [0, 0.05) is 45.4 Å². The van der Waals surface area contributed by atoms with Gasteiger partial charge in [-0.05, 0) is 93.1 Å². The fourth-order valence-electron chi connectivity index (χ4n) is 7.58. The smallest absolute Gasteiger partial charge is 0.229 e. The van der Waals surface area contributed by atoms with Crippen molar-refractivity contribution >= 4 is 22.9 Å². The minimum Gasteiger partial charge on any atom is -0.493 e. The molecule has 0 spiro atoms. The van der Waals surface area contributed by atoms with Crippen LogP contribution in [0.4, 0.5) is 10.3 Å². The average molecular weight is 688 g/mol. The summed E-state index contributed by atoms with van der Waals surface area (Å²) in [6.07, 6.45) is 3.88. The van der Waals surface area contributed by atoms with Gasteiger partial charge in [0.1, 0.15) is 5.82 Å². The number of anilines is 1. The molecule has 268 valence electrons. The van der Waals surface area contributed by atoms with Gasteiger partial charge in [-0.3, -0.25) is 4.79 Å². The van der Waals surface area contributed by atoms with Crippen molar-refractivity contribution in [2.24, 2.45) is 5.41 Å². The average Bonchev–Trinajstić information content (AvgIpc) is 3.63. The number of hydrogen-bond acceptors (Lipinski definition) is 8. The van der Waals surface area contributed by atoms with Crippen molar-refractivity contribution in [3.63, 3.8) is 0 Å². The van der Waals surface area contributed by atoms with E-state index in [0.29, 0.717) is 68.9 Å². The highest BCUT2D eigenvalue weighted by atomic mass is 19.1. The topological polar surface area (TPSA) is 90.3 Å². The first kappa shape index (κ1) is 35.5. The summed E-state index contributed by atoms with van der Waals surface area (Å²) in [6, 6.07) is 19.0. The number of amides is 1. The van der Waals surface area contributed by atoms with Crippen LogP contribution < -0.4 is 19.5 Å². The zero-order chi connectivity index (χ0) is 35.1. The Morgan fingerprint density at radius 3 is 2.38 bits per heavy atom. The summed E-state index contributed by atoms with van der Waals surface area (Å²) in [6.45, 7) is 7.79. The van der Waals surface area contributed by atoms with Gasteiger partial charge in [-0.2, -0.15) is 0 Å². The van der Waals surface area contributed by atoms with Crippen molar-refractivity contribution in [2.75, 3.05) is 66.0 Å². The number of benzene rings is 3. The van der Waals surface area contributed by atoms with Gasteiger partial charge in [0.2, 0.25) is 17.6 Å². The van der Waals surface area contributed by atoms with Crippen molar-refractivity contribution in [1.29, 1.82) is 0 Å². The lowest BCUT2D eigenvalue weighted by Crippen LogP contribution is -2.43. The molecule has 0 radical (unpaired) electrons. The predicted octanol–water partition coefficient (Wildman–Crippen LogP) is 6.17. The third kappa shape index (κ3) is 7.84. The van der Waals surface area contributed by atoms with Gasteiger partial charge in [-0.15, -0.1) is 0 Å². The number of ether oxygens (including phenoxy) is 4. The SMILES string of the molecule is CCOCCn1c(NC2CCN(CCC3(Cc4cccc(F)c4)CCN(Cc4cc(OC)c(OC)c(OC)c4)C3=O)CC2)nc2ccccc21. The zero-order valence-electron chi connectivity index (χ0n) is 29.8. The maximum absolute atomic E-state index is 14.4. The molecule has 0 saturated carbocycles. The molecule has 4 aromatic rings. The predicted molar refractivity (Wildman–Crippen MR) is 193 cm³/mol. The largest absolute Gasteiger partial charge is 0.493 e. The Hall–Kier alpha value is -4.35.